The summed E-state index contributed by atoms with van der Waals surface area (Å²) in [5.74, 6) is 1.21. The van der Waals surface area contributed by atoms with Crippen LogP contribution in [-0.2, 0) is 4.79 Å². The van der Waals surface area contributed by atoms with E-state index in [4.69, 9.17) is 9.47 Å². The van der Waals surface area contributed by atoms with Gasteiger partial charge in [0.2, 0.25) is 12.7 Å². The molecule has 1 saturated heterocycles. The molecule has 0 bridgehead atoms. The third-order valence-electron chi connectivity index (χ3n) is 4.34. The highest BCUT2D eigenvalue weighted by atomic mass is 16.7. The number of piperazine rings is 1. The Hall–Kier alpha value is -2.96. The first-order valence-corrected chi connectivity index (χ1v) is 7.74. The number of likely N-dealkylation sites (N-methyl/N-ethyl adjacent to an activating group) is 1. The van der Waals surface area contributed by atoms with E-state index in [2.05, 4.69) is 4.98 Å². The molecule has 2 aromatic rings. The van der Waals surface area contributed by atoms with Gasteiger partial charge in [0.15, 0.2) is 11.5 Å². The maximum atomic E-state index is 12.6. The number of H-pyrrole nitrogens is 1. The monoisotopic (exact) mass is 327 g/mol. The number of nitrogens with one attached hydrogen (secondary N) is 1. The van der Waals surface area contributed by atoms with Crippen molar-refractivity contribution in [3.05, 3.63) is 36.0 Å². The van der Waals surface area contributed by atoms with Crippen molar-refractivity contribution in [1.82, 2.24) is 14.8 Å². The molecule has 4 rings (SSSR count). The van der Waals surface area contributed by atoms with E-state index in [1.165, 1.54) is 0 Å². The fourth-order valence-corrected chi connectivity index (χ4v) is 2.85. The third-order valence-corrected chi connectivity index (χ3v) is 4.34. The fourth-order valence-electron chi connectivity index (χ4n) is 2.85. The number of fused-ring (bicyclic) bond motifs is 1. The van der Waals surface area contributed by atoms with E-state index < -0.39 is 0 Å². The molecule has 7 heteroatoms. The van der Waals surface area contributed by atoms with Gasteiger partial charge >= 0.3 is 0 Å². The van der Waals surface area contributed by atoms with E-state index in [0.717, 1.165) is 17.0 Å². The van der Waals surface area contributed by atoms with Crippen LogP contribution in [0.2, 0.25) is 0 Å². The Morgan fingerprint density at radius 1 is 1.12 bits per heavy atom. The Morgan fingerprint density at radius 3 is 2.79 bits per heavy atom. The number of benzene rings is 1. The molecule has 0 aliphatic carbocycles. The van der Waals surface area contributed by atoms with Gasteiger partial charge in [-0.3, -0.25) is 9.59 Å². The van der Waals surface area contributed by atoms with E-state index in [1.807, 2.05) is 24.3 Å². The van der Waals surface area contributed by atoms with Gasteiger partial charge in [-0.25, -0.2) is 0 Å². The van der Waals surface area contributed by atoms with E-state index in [9.17, 15) is 9.59 Å². The van der Waals surface area contributed by atoms with Crippen molar-refractivity contribution < 1.29 is 19.1 Å². The molecule has 1 aromatic carbocycles. The second kappa shape index (κ2) is 5.59. The van der Waals surface area contributed by atoms with E-state index in [1.54, 1.807) is 22.9 Å². The Kier molecular flexibility index (Phi) is 3.41. The number of hydrogen-bond acceptors (Lipinski definition) is 4. The zero-order valence-electron chi connectivity index (χ0n) is 13.2. The lowest BCUT2D eigenvalue weighted by Gasteiger charge is -2.31. The third kappa shape index (κ3) is 2.47. The smallest absolute Gasteiger partial charge is 0.270 e. The van der Waals surface area contributed by atoms with Crippen molar-refractivity contribution in [1.29, 1.82) is 0 Å². The molecule has 2 aliphatic rings. The summed E-state index contributed by atoms with van der Waals surface area (Å²) in [4.78, 5) is 30.7. The summed E-state index contributed by atoms with van der Waals surface area (Å²) in [5.41, 5.74) is 2.20. The van der Waals surface area contributed by atoms with Crippen molar-refractivity contribution in [2.45, 2.75) is 0 Å². The van der Waals surface area contributed by atoms with Gasteiger partial charge in [0.05, 0.1) is 0 Å². The minimum Gasteiger partial charge on any atom is -0.454 e. The van der Waals surface area contributed by atoms with Gasteiger partial charge in [0.1, 0.15) is 12.2 Å². The van der Waals surface area contributed by atoms with Gasteiger partial charge in [0.25, 0.3) is 5.91 Å². The molecule has 7 nitrogen and oxygen atoms in total. The van der Waals surface area contributed by atoms with Crippen molar-refractivity contribution in [3.8, 4) is 22.8 Å². The van der Waals surface area contributed by atoms with Gasteiger partial charge in [-0.15, -0.1) is 0 Å². The lowest BCUT2D eigenvalue weighted by atomic mass is 10.1. The number of carbonyl (C=O) groups is 2. The summed E-state index contributed by atoms with van der Waals surface area (Å²) >= 11 is 0. The van der Waals surface area contributed by atoms with Crippen molar-refractivity contribution in [2.24, 2.45) is 0 Å². The van der Waals surface area contributed by atoms with Crippen LogP contribution in [-0.4, -0.2) is 60.1 Å². The van der Waals surface area contributed by atoms with Gasteiger partial charge in [-0.05, 0) is 30.3 Å². The molecule has 24 heavy (non-hydrogen) atoms. The highest BCUT2D eigenvalue weighted by molar-refractivity contribution is 5.96. The average molecular weight is 327 g/mol. The topological polar surface area (TPSA) is 74.9 Å². The fraction of sp³-hybridized carbons (Fsp3) is 0.294. The molecule has 1 fully saturated rings. The molecule has 124 valence electrons. The molecule has 0 atom stereocenters. The van der Waals surface area contributed by atoms with Gasteiger partial charge < -0.3 is 24.3 Å². The van der Waals surface area contributed by atoms with Crippen molar-refractivity contribution >= 4 is 11.8 Å². The number of aromatic amines is 1. The standard InChI is InChI=1S/C17H17N3O4/c1-19-6-7-20(9-16(19)21)17(22)13-4-3-12(18-13)11-2-5-14-15(8-11)24-10-23-14/h2-5,8,18H,6-7,9-10H2,1H3. The quantitative estimate of drug-likeness (QED) is 0.903. The zero-order valence-corrected chi connectivity index (χ0v) is 13.2. The molecule has 0 saturated carbocycles. The normalized spacial score (nSPS) is 16.6. The summed E-state index contributed by atoms with van der Waals surface area (Å²) in [6, 6.07) is 9.22. The van der Waals surface area contributed by atoms with Gasteiger partial charge in [-0.2, -0.15) is 0 Å². The van der Waals surface area contributed by atoms with Crippen LogP contribution in [0.5, 0.6) is 11.5 Å². The number of amides is 2. The first-order valence-electron chi connectivity index (χ1n) is 7.74. The van der Waals surface area contributed by atoms with E-state index >= 15 is 0 Å². The van der Waals surface area contributed by atoms with Crippen LogP contribution in [0.4, 0.5) is 0 Å². The van der Waals surface area contributed by atoms with Crippen molar-refractivity contribution in [3.63, 3.8) is 0 Å². The second-order valence-corrected chi connectivity index (χ2v) is 5.90. The molecule has 0 spiro atoms. The summed E-state index contributed by atoms with van der Waals surface area (Å²) in [7, 11) is 1.75. The average Bonchev–Trinajstić information content (AvgIpc) is 3.24. The highest BCUT2D eigenvalue weighted by Gasteiger charge is 2.26. The first kappa shape index (κ1) is 14.6. The summed E-state index contributed by atoms with van der Waals surface area (Å²) in [6.07, 6.45) is 0. The van der Waals surface area contributed by atoms with Crippen LogP contribution in [0.3, 0.4) is 0 Å². The maximum Gasteiger partial charge on any atom is 0.270 e. The van der Waals surface area contributed by atoms with E-state index in [-0.39, 0.29) is 25.2 Å². The Labute approximate surface area is 138 Å². The number of nitrogens with zero attached hydrogens (tertiary/aromatic N) is 2. The summed E-state index contributed by atoms with van der Waals surface area (Å²) in [5, 5.41) is 0. The van der Waals surface area contributed by atoms with E-state index in [0.29, 0.717) is 24.5 Å². The van der Waals surface area contributed by atoms with Crippen molar-refractivity contribution in [2.75, 3.05) is 33.5 Å². The molecule has 2 aliphatic heterocycles. The molecule has 2 amide bonds. The molecular weight excluding hydrogens is 310 g/mol. The SMILES string of the molecule is CN1CCN(C(=O)c2ccc(-c3ccc4c(c3)OCO4)[nH]2)CC1=O. The van der Waals surface area contributed by atoms with Crippen LogP contribution < -0.4 is 9.47 Å². The molecule has 0 unspecified atom stereocenters. The Balaban J connectivity index is 1.54. The predicted molar refractivity (Wildman–Crippen MR) is 85.9 cm³/mol. The van der Waals surface area contributed by atoms with Crippen LogP contribution in [0.15, 0.2) is 30.3 Å². The highest BCUT2D eigenvalue weighted by Crippen LogP contribution is 2.35. The Morgan fingerprint density at radius 2 is 1.96 bits per heavy atom. The summed E-state index contributed by atoms with van der Waals surface area (Å²) in [6.45, 7) is 1.44. The Bertz CT molecular complexity index is 814. The number of ether oxygens (including phenoxy) is 2. The lowest BCUT2D eigenvalue weighted by molar-refractivity contribution is -0.133. The predicted octanol–water partition coefficient (Wildman–Crippen LogP) is 1.32. The first-order chi connectivity index (χ1) is 11.6. The number of rotatable bonds is 2. The molecular formula is C17H17N3O4. The number of aromatic nitrogens is 1. The van der Waals surface area contributed by atoms with Crippen LogP contribution in [0.1, 0.15) is 10.5 Å². The molecule has 3 heterocycles. The minimum absolute atomic E-state index is 0.0443. The molecule has 0 radical (unpaired) electrons. The lowest BCUT2D eigenvalue weighted by Crippen LogP contribution is -2.50. The molecule has 1 N–H and O–H groups in total. The minimum atomic E-state index is -0.163. The van der Waals surface area contributed by atoms with Gasteiger partial charge in [0, 0.05) is 31.4 Å². The number of hydrogen-bond donors (Lipinski definition) is 1. The van der Waals surface area contributed by atoms with Crippen LogP contribution in [0, 0.1) is 0 Å². The number of carbonyl (C=O) groups excluding carboxylic acids is 2. The molecule has 1 aromatic heterocycles. The summed E-state index contributed by atoms with van der Waals surface area (Å²) < 4.78 is 10.7. The maximum absolute atomic E-state index is 12.6. The largest absolute Gasteiger partial charge is 0.454 e. The van der Waals surface area contributed by atoms with Gasteiger partial charge in [-0.1, -0.05) is 0 Å². The zero-order chi connectivity index (χ0) is 16.7. The second-order valence-electron chi connectivity index (χ2n) is 5.90. The van der Waals surface area contributed by atoms with Crippen LogP contribution in [0.25, 0.3) is 11.3 Å². The van der Waals surface area contributed by atoms with Crippen LogP contribution >= 0.6 is 0 Å².